The van der Waals surface area contributed by atoms with E-state index in [4.69, 9.17) is 26.8 Å². The first-order valence-corrected chi connectivity index (χ1v) is 15.7. The van der Waals surface area contributed by atoms with Crippen molar-refractivity contribution in [2.45, 2.75) is 58.0 Å². The minimum atomic E-state index is -4.88. The molecule has 16 heteroatoms. The number of carboxylic acids is 1. The molecule has 4 N–H and O–H groups in total. The first kappa shape index (κ1) is 34.4. The lowest BCUT2D eigenvalue weighted by Crippen LogP contribution is -2.44. The molecule has 0 radical (unpaired) electrons. The summed E-state index contributed by atoms with van der Waals surface area (Å²) in [7, 11) is 0. The molecular formula is C32H30ClF3N6O5S. The zero-order valence-corrected chi connectivity index (χ0v) is 27.6. The standard InChI is InChI=1S/C32H30ClF3N6O5S/c1-16-11-12-42(41-16)23-14-19(33)9-10-20(23)26(32(34,35)36)46-27-25-24(39-29(37)40-27)21(15-48-25)18-7-5-17(6-8-18)13-22(28(43)44)38-30(45)47-31(2,3)4/h5-12,14-15,22,26H,13H2,1-4H3,(H,38,45)(H,43,44)(H2,37,39,40)/t22-,26+/m0/s1. The molecule has 0 saturated heterocycles. The van der Waals surface area contributed by atoms with Gasteiger partial charge in [-0.2, -0.15) is 23.3 Å². The number of alkyl halides is 3. The molecule has 48 heavy (non-hydrogen) atoms. The van der Waals surface area contributed by atoms with Crippen molar-refractivity contribution < 1.29 is 37.3 Å². The molecule has 0 spiro atoms. The highest BCUT2D eigenvalue weighted by Gasteiger charge is 2.45. The summed E-state index contributed by atoms with van der Waals surface area (Å²) >= 11 is 7.23. The number of hydrogen-bond donors (Lipinski definition) is 3. The normalized spacial score (nSPS) is 13.2. The summed E-state index contributed by atoms with van der Waals surface area (Å²) < 4.78 is 56.3. The number of ether oxygens (including phenoxy) is 2. The number of thiophene rings is 1. The Labute approximate surface area is 281 Å². The predicted molar refractivity (Wildman–Crippen MR) is 174 cm³/mol. The minimum Gasteiger partial charge on any atom is -0.480 e. The molecule has 0 saturated carbocycles. The highest BCUT2D eigenvalue weighted by atomic mass is 35.5. The van der Waals surface area contributed by atoms with Gasteiger partial charge in [0.1, 0.15) is 16.3 Å². The number of fused-ring (bicyclic) bond motifs is 1. The van der Waals surface area contributed by atoms with E-state index in [1.54, 1.807) is 63.4 Å². The molecule has 3 heterocycles. The second-order valence-corrected chi connectivity index (χ2v) is 13.1. The molecule has 0 aliphatic rings. The van der Waals surface area contributed by atoms with E-state index in [2.05, 4.69) is 20.4 Å². The van der Waals surface area contributed by atoms with Crippen molar-refractivity contribution in [3.63, 3.8) is 0 Å². The van der Waals surface area contributed by atoms with Crippen LogP contribution in [0.2, 0.25) is 5.02 Å². The summed E-state index contributed by atoms with van der Waals surface area (Å²) in [5.74, 6) is -1.90. The van der Waals surface area contributed by atoms with E-state index < -0.39 is 36.0 Å². The third-order valence-corrected chi connectivity index (χ3v) is 8.06. The van der Waals surface area contributed by atoms with Gasteiger partial charge in [-0.05, 0) is 57.0 Å². The number of carbonyl (C=O) groups is 2. The van der Waals surface area contributed by atoms with Crippen molar-refractivity contribution in [3.8, 4) is 22.7 Å². The Morgan fingerprint density at radius 3 is 2.42 bits per heavy atom. The van der Waals surface area contributed by atoms with Crippen LogP contribution in [0.15, 0.2) is 60.1 Å². The summed E-state index contributed by atoms with van der Waals surface area (Å²) in [6, 6.07) is 11.1. The lowest BCUT2D eigenvalue weighted by molar-refractivity contribution is -0.198. The van der Waals surface area contributed by atoms with Gasteiger partial charge in [0.25, 0.3) is 0 Å². The number of nitrogens with two attached hydrogens (primary N) is 1. The van der Waals surface area contributed by atoms with E-state index in [0.29, 0.717) is 22.4 Å². The minimum absolute atomic E-state index is 0.0318. The van der Waals surface area contributed by atoms with Crippen molar-refractivity contribution in [2.75, 3.05) is 5.73 Å². The van der Waals surface area contributed by atoms with Gasteiger partial charge in [0.05, 0.1) is 16.9 Å². The maximum Gasteiger partial charge on any atom is 0.429 e. The van der Waals surface area contributed by atoms with E-state index in [-0.39, 0.29) is 44.7 Å². The van der Waals surface area contributed by atoms with Crippen LogP contribution in [0.4, 0.5) is 23.9 Å². The van der Waals surface area contributed by atoms with Crippen LogP contribution in [0, 0.1) is 6.92 Å². The number of aryl methyl sites for hydroxylation is 1. The summed E-state index contributed by atoms with van der Waals surface area (Å²) in [6.07, 6.45) is -6.71. The Kier molecular flexibility index (Phi) is 9.55. The van der Waals surface area contributed by atoms with E-state index >= 15 is 0 Å². The number of hydrogen-bond acceptors (Lipinski definition) is 9. The average Bonchev–Trinajstić information content (AvgIpc) is 3.61. The van der Waals surface area contributed by atoms with Crippen molar-refractivity contribution in [1.82, 2.24) is 25.1 Å². The van der Waals surface area contributed by atoms with Gasteiger partial charge in [0.2, 0.25) is 17.9 Å². The maximum atomic E-state index is 14.7. The summed E-state index contributed by atoms with van der Waals surface area (Å²) in [5, 5.41) is 18.1. The number of benzene rings is 2. The number of nitrogens with zero attached hydrogens (tertiary/aromatic N) is 4. The molecule has 1 amide bonds. The number of aromatic nitrogens is 4. The van der Waals surface area contributed by atoms with Crippen molar-refractivity contribution in [2.24, 2.45) is 0 Å². The van der Waals surface area contributed by atoms with E-state index in [9.17, 15) is 27.9 Å². The molecule has 0 fully saturated rings. The fourth-order valence-corrected chi connectivity index (χ4v) is 5.92. The number of halogens is 4. The third-order valence-electron chi connectivity index (χ3n) is 6.87. The van der Waals surface area contributed by atoms with Gasteiger partial charge >= 0.3 is 18.2 Å². The van der Waals surface area contributed by atoms with Gasteiger partial charge < -0.3 is 25.6 Å². The highest BCUT2D eigenvalue weighted by Crippen LogP contribution is 2.43. The van der Waals surface area contributed by atoms with Crippen molar-refractivity contribution in [3.05, 3.63) is 82.0 Å². The monoisotopic (exact) mass is 702 g/mol. The molecule has 0 unspecified atom stereocenters. The van der Waals surface area contributed by atoms with Crippen LogP contribution in [-0.2, 0) is 16.0 Å². The summed E-state index contributed by atoms with van der Waals surface area (Å²) in [4.78, 5) is 32.3. The maximum absolute atomic E-state index is 14.7. The smallest absolute Gasteiger partial charge is 0.429 e. The number of carboxylic acid groups (broad SMARTS) is 1. The number of carbonyl (C=O) groups excluding carboxylic acids is 1. The van der Waals surface area contributed by atoms with Gasteiger partial charge in [0.15, 0.2) is 0 Å². The van der Waals surface area contributed by atoms with E-state index in [1.165, 1.54) is 29.1 Å². The van der Waals surface area contributed by atoms with Crippen LogP contribution >= 0.6 is 22.9 Å². The van der Waals surface area contributed by atoms with Gasteiger partial charge in [-0.3, -0.25) is 0 Å². The Bertz CT molecular complexity index is 1970. The fourth-order valence-electron chi connectivity index (χ4n) is 4.80. The Morgan fingerprint density at radius 1 is 1.10 bits per heavy atom. The SMILES string of the molecule is Cc1ccn(-c2cc(Cl)ccc2[C@@H](Oc2nc(N)nc3c(-c4ccc(C[C@H](NC(=O)OC(C)(C)C)C(=O)O)cc4)csc23)C(F)(F)F)n1. The van der Waals surface area contributed by atoms with Gasteiger partial charge in [-0.15, -0.1) is 11.3 Å². The lowest BCUT2D eigenvalue weighted by Gasteiger charge is -2.24. The average molecular weight is 703 g/mol. The number of rotatable bonds is 9. The number of nitrogen functional groups attached to an aromatic ring is 1. The van der Waals surface area contributed by atoms with Crippen LogP contribution in [0.1, 0.15) is 43.7 Å². The zero-order valence-electron chi connectivity index (χ0n) is 26.0. The quantitative estimate of drug-likeness (QED) is 0.144. The Hall–Kier alpha value is -4.89. The molecule has 252 valence electrons. The second-order valence-electron chi connectivity index (χ2n) is 11.8. The van der Waals surface area contributed by atoms with Crippen LogP contribution in [0.3, 0.4) is 0 Å². The van der Waals surface area contributed by atoms with Crippen LogP contribution < -0.4 is 15.8 Å². The van der Waals surface area contributed by atoms with Crippen LogP contribution in [0.5, 0.6) is 5.88 Å². The molecule has 0 aliphatic carbocycles. The first-order chi connectivity index (χ1) is 22.5. The molecule has 2 atom stereocenters. The molecule has 5 rings (SSSR count). The number of aliphatic carboxylic acids is 1. The van der Waals surface area contributed by atoms with Crippen LogP contribution in [-0.4, -0.2) is 54.7 Å². The molecule has 0 bridgehead atoms. The van der Waals surface area contributed by atoms with Gasteiger partial charge in [-0.25, -0.2) is 19.3 Å². The third kappa shape index (κ3) is 7.97. The van der Waals surface area contributed by atoms with Crippen molar-refractivity contribution >= 4 is 51.2 Å². The second kappa shape index (κ2) is 13.3. The fraction of sp³-hybridized carbons (Fsp3) is 0.281. The summed E-state index contributed by atoms with van der Waals surface area (Å²) in [5.41, 5.74) is 7.64. The first-order valence-electron chi connectivity index (χ1n) is 14.4. The van der Waals surface area contributed by atoms with E-state index in [0.717, 1.165) is 11.3 Å². The van der Waals surface area contributed by atoms with Crippen molar-refractivity contribution in [1.29, 1.82) is 0 Å². The predicted octanol–water partition coefficient (Wildman–Crippen LogP) is 7.29. The zero-order chi connectivity index (χ0) is 35.0. The van der Waals surface area contributed by atoms with Crippen LogP contribution in [0.25, 0.3) is 27.0 Å². The van der Waals surface area contributed by atoms with Gasteiger partial charge in [-0.1, -0.05) is 41.9 Å². The Balaban J connectivity index is 1.45. The molecule has 2 aromatic carbocycles. The number of anilines is 1. The Morgan fingerprint density at radius 2 is 1.81 bits per heavy atom. The molecule has 5 aromatic rings. The number of amides is 1. The number of nitrogens with one attached hydrogen (secondary N) is 1. The lowest BCUT2D eigenvalue weighted by atomic mass is 10.0. The topological polar surface area (TPSA) is 154 Å². The molecule has 11 nitrogen and oxygen atoms in total. The highest BCUT2D eigenvalue weighted by molar-refractivity contribution is 7.18. The largest absolute Gasteiger partial charge is 0.480 e. The molecule has 0 aliphatic heterocycles. The van der Waals surface area contributed by atoms with Gasteiger partial charge in [0, 0.05) is 34.1 Å². The van der Waals surface area contributed by atoms with E-state index in [1.807, 2.05) is 0 Å². The molecule has 3 aromatic heterocycles. The molecular weight excluding hydrogens is 673 g/mol. The summed E-state index contributed by atoms with van der Waals surface area (Å²) in [6.45, 7) is 6.70. The number of alkyl carbamates (subject to hydrolysis) is 1.